The van der Waals surface area contributed by atoms with Gasteiger partial charge in [-0.05, 0) is 43.5 Å². The van der Waals surface area contributed by atoms with Crippen LogP contribution in [0.25, 0.3) is 10.6 Å². The Morgan fingerprint density at radius 1 is 1.30 bits per heavy atom. The van der Waals surface area contributed by atoms with E-state index in [4.69, 9.17) is 4.42 Å². The molecule has 2 atom stereocenters. The maximum atomic E-state index is 12.6. The number of amides is 1. The van der Waals surface area contributed by atoms with Crippen molar-refractivity contribution in [2.45, 2.75) is 20.3 Å². The highest BCUT2D eigenvalue weighted by Crippen LogP contribution is 2.31. The van der Waals surface area contributed by atoms with Crippen molar-refractivity contribution in [2.24, 2.45) is 11.8 Å². The quantitative estimate of drug-likeness (QED) is 0.933. The van der Waals surface area contributed by atoms with Crippen molar-refractivity contribution >= 4 is 23.2 Å². The Kier molecular flexibility index (Phi) is 4.26. The second-order valence-electron chi connectivity index (χ2n) is 6.04. The van der Waals surface area contributed by atoms with Crippen LogP contribution in [-0.2, 0) is 4.79 Å². The Hall–Kier alpha value is -2.08. The van der Waals surface area contributed by atoms with E-state index in [1.807, 2.05) is 38.1 Å². The molecule has 122 valence electrons. The van der Waals surface area contributed by atoms with Crippen LogP contribution < -0.4 is 0 Å². The molecule has 2 aromatic rings. The van der Waals surface area contributed by atoms with E-state index in [-0.39, 0.29) is 17.7 Å². The fourth-order valence-corrected chi connectivity index (χ4v) is 3.94. The van der Waals surface area contributed by atoms with E-state index in [2.05, 4.69) is 0 Å². The molecule has 3 rings (SSSR count). The highest BCUT2D eigenvalue weighted by Gasteiger charge is 2.33. The predicted molar refractivity (Wildman–Crippen MR) is 87.6 cm³/mol. The molecular formula is C17H19NO4S. The first-order chi connectivity index (χ1) is 11.0. The standard InChI is InChI=1S/C17H19NO4S/c1-10-9-18(8-7-12(10)17(20)21)16(19)15-6-5-14(23-15)13-4-3-11(2)22-13/h3-6,10,12H,7-9H2,1-2H3,(H,20,21). The molecule has 0 aromatic carbocycles. The van der Waals surface area contributed by atoms with Crippen LogP contribution in [0.1, 0.15) is 28.8 Å². The van der Waals surface area contributed by atoms with E-state index in [0.717, 1.165) is 16.4 Å². The third kappa shape index (κ3) is 3.17. The summed E-state index contributed by atoms with van der Waals surface area (Å²) in [6, 6.07) is 7.50. The van der Waals surface area contributed by atoms with Crippen LogP contribution in [0, 0.1) is 18.8 Å². The largest absolute Gasteiger partial charge is 0.481 e. The van der Waals surface area contributed by atoms with Gasteiger partial charge in [-0.2, -0.15) is 0 Å². The van der Waals surface area contributed by atoms with Crippen molar-refractivity contribution in [3.63, 3.8) is 0 Å². The van der Waals surface area contributed by atoms with Crippen LogP contribution in [0.4, 0.5) is 0 Å². The second kappa shape index (κ2) is 6.20. The summed E-state index contributed by atoms with van der Waals surface area (Å²) in [4.78, 5) is 27.1. The molecule has 23 heavy (non-hydrogen) atoms. The molecule has 6 heteroatoms. The van der Waals surface area contributed by atoms with E-state index in [1.54, 1.807) is 4.90 Å². The number of carbonyl (C=O) groups excluding carboxylic acids is 1. The molecule has 0 aliphatic carbocycles. The number of aliphatic carboxylic acids is 1. The zero-order chi connectivity index (χ0) is 16.6. The Balaban J connectivity index is 1.72. The lowest BCUT2D eigenvalue weighted by Crippen LogP contribution is -2.44. The number of piperidine rings is 1. The molecule has 2 aromatic heterocycles. The van der Waals surface area contributed by atoms with E-state index in [9.17, 15) is 14.7 Å². The van der Waals surface area contributed by atoms with Crippen LogP contribution in [0.3, 0.4) is 0 Å². The van der Waals surface area contributed by atoms with Crippen LogP contribution in [-0.4, -0.2) is 35.0 Å². The van der Waals surface area contributed by atoms with Gasteiger partial charge in [-0.15, -0.1) is 11.3 Å². The summed E-state index contributed by atoms with van der Waals surface area (Å²) in [5, 5.41) is 9.17. The zero-order valence-electron chi connectivity index (χ0n) is 13.1. The first kappa shape index (κ1) is 15.8. The van der Waals surface area contributed by atoms with Gasteiger partial charge < -0.3 is 14.4 Å². The summed E-state index contributed by atoms with van der Waals surface area (Å²) in [6.45, 7) is 4.76. The van der Waals surface area contributed by atoms with Gasteiger partial charge in [0.2, 0.25) is 0 Å². The van der Waals surface area contributed by atoms with E-state index in [1.165, 1.54) is 11.3 Å². The molecule has 0 bridgehead atoms. The van der Waals surface area contributed by atoms with Crippen molar-refractivity contribution in [2.75, 3.05) is 13.1 Å². The van der Waals surface area contributed by atoms with Gasteiger partial charge in [0.15, 0.2) is 0 Å². The van der Waals surface area contributed by atoms with Crippen molar-refractivity contribution in [3.8, 4) is 10.6 Å². The first-order valence-corrected chi connectivity index (χ1v) is 8.46. The number of hydrogen-bond acceptors (Lipinski definition) is 4. The fourth-order valence-electron chi connectivity index (χ4n) is 3.00. The molecule has 0 saturated carbocycles. The van der Waals surface area contributed by atoms with Gasteiger partial charge in [-0.3, -0.25) is 9.59 Å². The average Bonchev–Trinajstić information content (AvgIpc) is 3.14. The van der Waals surface area contributed by atoms with Crippen molar-refractivity contribution in [1.82, 2.24) is 4.90 Å². The van der Waals surface area contributed by atoms with Gasteiger partial charge in [0.25, 0.3) is 5.91 Å². The van der Waals surface area contributed by atoms with Gasteiger partial charge in [-0.1, -0.05) is 6.92 Å². The summed E-state index contributed by atoms with van der Waals surface area (Å²) >= 11 is 1.41. The number of thiophene rings is 1. The summed E-state index contributed by atoms with van der Waals surface area (Å²) in [6.07, 6.45) is 0.512. The highest BCUT2D eigenvalue weighted by atomic mass is 32.1. The average molecular weight is 333 g/mol. The van der Waals surface area contributed by atoms with E-state index < -0.39 is 5.97 Å². The molecule has 1 aliphatic rings. The summed E-state index contributed by atoms with van der Waals surface area (Å²) in [5.41, 5.74) is 0. The molecule has 1 fully saturated rings. The van der Waals surface area contributed by atoms with Gasteiger partial charge in [0.1, 0.15) is 11.5 Å². The van der Waals surface area contributed by atoms with E-state index >= 15 is 0 Å². The molecular weight excluding hydrogens is 314 g/mol. The van der Waals surface area contributed by atoms with Crippen LogP contribution >= 0.6 is 11.3 Å². The van der Waals surface area contributed by atoms with Crippen molar-refractivity contribution in [1.29, 1.82) is 0 Å². The van der Waals surface area contributed by atoms with Gasteiger partial charge in [0.05, 0.1) is 15.7 Å². The molecule has 0 spiro atoms. The topological polar surface area (TPSA) is 70.8 Å². The number of aryl methyl sites for hydroxylation is 1. The van der Waals surface area contributed by atoms with Crippen LogP contribution in [0.5, 0.6) is 0 Å². The SMILES string of the molecule is Cc1ccc(-c2ccc(C(=O)N3CCC(C(=O)O)C(C)C3)s2)o1. The first-order valence-electron chi connectivity index (χ1n) is 7.64. The van der Waals surface area contributed by atoms with E-state index in [0.29, 0.717) is 24.4 Å². The predicted octanol–water partition coefficient (Wildman–Crippen LogP) is 3.50. The molecule has 1 saturated heterocycles. The number of rotatable bonds is 3. The van der Waals surface area contributed by atoms with Gasteiger partial charge >= 0.3 is 5.97 Å². The molecule has 5 nitrogen and oxygen atoms in total. The second-order valence-corrected chi connectivity index (χ2v) is 7.12. The normalized spacial score (nSPS) is 21.4. The number of nitrogens with zero attached hydrogens (tertiary/aromatic N) is 1. The summed E-state index contributed by atoms with van der Waals surface area (Å²) < 4.78 is 5.59. The van der Waals surface area contributed by atoms with Crippen LogP contribution in [0.15, 0.2) is 28.7 Å². The minimum atomic E-state index is -0.767. The number of hydrogen-bond donors (Lipinski definition) is 1. The minimum absolute atomic E-state index is 0.0276. The number of carbonyl (C=O) groups is 2. The molecule has 1 aliphatic heterocycles. The Morgan fingerprint density at radius 2 is 2.09 bits per heavy atom. The highest BCUT2D eigenvalue weighted by molar-refractivity contribution is 7.17. The molecule has 1 amide bonds. The maximum Gasteiger partial charge on any atom is 0.306 e. The van der Waals surface area contributed by atoms with Crippen molar-refractivity contribution < 1.29 is 19.1 Å². The van der Waals surface area contributed by atoms with Gasteiger partial charge in [0, 0.05) is 13.1 Å². The maximum absolute atomic E-state index is 12.6. The molecule has 2 unspecified atom stereocenters. The number of carboxylic acids is 1. The summed E-state index contributed by atoms with van der Waals surface area (Å²) in [5.74, 6) is 0.424. The van der Waals surface area contributed by atoms with Gasteiger partial charge in [-0.25, -0.2) is 0 Å². The number of likely N-dealkylation sites (tertiary alicyclic amines) is 1. The fraction of sp³-hybridized carbons (Fsp3) is 0.412. The molecule has 3 heterocycles. The molecule has 1 N–H and O–H groups in total. The molecule has 0 radical (unpaired) electrons. The third-order valence-corrected chi connectivity index (χ3v) is 5.40. The zero-order valence-corrected chi connectivity index (χ0v) is 13.9. The van der Waals surface area contributed by atoms with Crippen molar-refractivity contribution in [3.05, 3.63) is 34.9 Å². The smallest absolute Gasteiger partial charge is 0.306 e. The number of furan rings is 1. The lowest BCUT2D eigenvalue weighted by molar-refractivity contribution is -0.145. The lowest BCUT2D eigenvalue weighted by Gasteiger charge is -2.34. The lowest BCUT2D eigenvalue weighted by atomic mass is 9.87. The number of carboxylic acid groups (broad SMARTS) is 1. The summed E-state index contributed by atoms with van der Waals surface area (Å²) in [7, 11) is 0. The third-order valence-electron chi connectivity index (χ3n) is 4.31. The Labute approximate surface area is 138 Å². The van der Waals surface area contributed by atoms with Crippen LogP contribution in [0.2, 0.25) is 0 Å². The monoisotopic (exact) mass is 333 g/mol. The minimum Gasteiger partial charge on any atom is -0.481 e. The Morgan fingerprint density at radius 3 is 2.70 bits per heavy atom. The Bertz CT molecular complexity index is 733.